The summed E-state index contributed by atoms with van der Waals surface area (Å²) < 4.78 is 0. The van der Waals surface area contributed by atoms with Gasteiger partial charge in [-0.25, -0.2) is 0 Å². The molecule has 0 heteroatoms. The Balaban J connectivity index is 1.64. The highest BCUT2D eigenvalue weighted by molar-refractivity contribution is 5.20. The molecule has 3 saturated carbocycles. The molecule has 0 amide bonds. The second-order valence-corrected chi connectivity index (χ2v) is 8.74. The van der Waals surface area contributed by atoms with Crippen molar-refractivity contribution in [3.63, 3.8) is 0 Å². The highest BCUT2D eigenvalue weighted by Crippen LogP contribution is 2.62. The second kappa shape index (κ2) is 5.28. The van der Waals surface area contributed by atoms with Crippen molar-refractivity contribution in [2.45, 2.75) is 71.1 Å². The van der Waals surface area contributed by atoms with E-state index in [0.29, 0.717) is 5.41 Å². The summed E-state index contributed by atoms with van der Waals surface area (Å²) in [7, 11) is 0. The van der Waals surface area contributed by atoms with Crippen LogP contribution < -0.4 is 0 Å². The molecule has 0 aromatic rings. The molecule has 0 bridgehead atoms. The van der Waals surface area contributed by atoms with Gasteiger partial charge in [-0.05, 0) is 92.8 Å². The Hall–Kier alpha value is -0.520. The lowest BCUT2D eigenvalue weighted by molar-refractivity contribution is -0.00373. The predicted molar refractivity (Wildman–Crippen MR) is 90.0 cm³/mol. The zero-order chi connectivity index (χ0) is 14.4. The molecule has 4 rings (SSSR count). The Morgan fingerprint density at radius 3 is 2.95 bits per heavy atom. The summed E-state index contributed by atoms with van der Waals surface area (Å²) in [6.45, 7) is 6.65. The molecule has 4 aliphatic carbocycles. The van der Waals surface area contributed by atoms with Crippen LogP contribution in [0.1, 0.15) is 71.1 Å². The molecule has 0 nitrogen and oxygen atoms in total. The topological polar surface area (TPSA) is 0 Å². The fourth-order valence-corrected chi connectivity index (χ4v) is 6.94. The summed E-state index contributed by atoms with van der Waals surface area (Å²) in [4.78, 5) is 0. The molecule has 0 spiro atoms. The lowest BCUT2D eigenvalue weighted by atomic mass is 9.51. The van der Waals surface area contributed by atoms with Gasteiger partial charge >= 0.3 is 0 Å². The average molecular weight is 284 g/mol. The van der Waals surface area contributed by atoms with Crippen LogP contribution >= 0.6 is 0 Å². The van der Waals surface area contributed by atoms with Crippen LogP contribution in [0.4, 0.5) is 0 Å². The van der Waals surface area contributed by atoms with Crippen LogP contribution in [0.15, 0.2) is 24.3 Å². The number of hydrogen-bond acceptors (Lipinski definition) is 0. The maximum Gasteiger partial charge on any atom is -0.0141 e. The molecule has 6 atom stereocenters. The van der Waals surface area contributed by atoms with E-state index in [0.717, 1.165) is 29.6 Å². The molecule has 116 valence electrons. The molecule has 3 fully saturated rings. The fourth-order valence-electron chi connectivity index (χ4n) is 6.94. The molecule has 0 radical (unpaired) electrons. The number of hydrogen-bond donors (Lipinski definition) is 0. The van der Waals surface area contributed by atoms with E-state index in [9.17, 15) is 0 Å². The van der Waals surface area contributed by atoms with Gasteiger partial charge < -0.3 is 0 Å². The molecule has 0 aromatic heterocycles. The Bertz CT molecular complexity index is 445. The van der Waals surface area contributed by atoms with E-state index in [2.05, 4.69) is 25.7 Å². The molecule has 0 aromatic carbocycles. The predicted octanol–water partition coefficient (Wildman–Crippen LogP) is 6.14. The zero-order valence-electron chi connectivity index (χ0n) is 13.8. The Labute approximate surface area is 131 Å². The van der Waals surface area contributed by atoms with Gasteiger partial charge in [0.1, 0.15) is 0 Å². The monoisotopic (exact) mass is 284 g/mol. The Morgan fingerprint density at radius 1 is 1.19 bits per heavy atom. The average Bonchev–Trinajstić information content (AvgIpc) is 2.89. The molecule has 0 N–H and O–H groups in total. The minimum Gasteiger partial charge on any atom is -0.103 e. The minimum absolute atomic E-state index is 0.703. The van der Waals surface area contributed by atoms with Crippen LogP contribution in [-0.2, 0) is 0 Å². The molecule has 0 saturated heterocycles. The molecule has 0 aliphatic heterocycles. The summed E-state index contributed by atoms with van der Waals surface area (Å²) in [5, 5.41) is 0. The van der Waals surface area contributed by atoms with Gasteiger partial charge in [0.2, 0.25) is 0 Å². The summed E-state index contributed by atoms with van der Waals surface area (Å²) in [5.74, 6) is 4.93. The van der Waals surface area contributed by atoms with Gasteiger partial charge in [0.15, 0.2) is 0 Å². The number of rotatable bonds is 2. The van der Waals surface area contributed by atoms with Gasteiger partial charge in [0.25, 0.3) is 0 Å². The van der Waals surface area contributed by atoms with E-state index in [1.54, 1.807) is 0 Å². The van der Waals surface area contributed by atoms with Gasteiger partial charge in [-0.3, -0.25) is 0 Å². The van der Waals surface area contributed by atoms with Crippen molar-refractivity contribution >= 4 is 0 Å². The lowest BCUT2D eigenvalue weighted by Crippen LogP contribution is -2.45. The van der Waals surface area contributed by atoms with Gasteiger partial charge in [-0.1, -0.05) is 31.1 Å². The first-order valence-electron chi connectivity index (χ1n) is 9.53. The van der Waals surface area contributed by atoms with Crippen LogP contribution in [-0.4, -0.2) is 0 Å². The molecule has 4 aliphatic rings. The summed E-state index contributed by atoms with van der Waals surface area (Å²) in [5.41, 5.74) is 2.56. The van der Waals surface area contributed by atoms with Crippen LogP contribution in [0.2, 0.25) is 0 Å². The lowest BCUT2D eigenvalue weighted by Gasteiger charge is -2.54. The maximum atomic E-state index is 4.04. The van der Waals surface area contributed by atoms with Crippen LogP contribution in [0, 0.1) is 35.0 Å². The fraction of sp³-hybridized carbons (Fsp3) is 0.810. The standard InChI is InChI=1S/C21H32/c1-3-6-15-7-4-8-16-10-11-17-18(20(15)16)12-14-21(2)13-5-9-19(17)21/h3,10,15,17-20H,1,4-9,11-14H2,2H3/t15?,17-,18+,19+,20+,21+/m1/s1. The molecular formula is C21H32. The van der Waals surface area contributed by atoms with Crippen molar-refractivity contribution in [2.24, 2.45) is 35.0 Å². The van der Waals surface area contributed by atoms with Gasteiger partial charge in [-0.2, -0.15) is 0 Å². The number of allylic oxidation sites excluding steroid dienone is 3. The highest BCUT2D eigenvalue weighted by atomic mass is 14.6. The van der Waals surface area contributed by atoms with E-state index in [4.69, 9.17) is 0 Å². The molecule has 1 unspecified atom stereocenters. The van der Waals surface area contributed by atoms with Crippen LogP contribution in [0.3, 0.4) is 0 Å². The van der Waals surface area contributed by atoms with Crippen molar-refractivity contribution in [2.75, 3.05) is 0 Å². The summed E-state index contributed by atoms with van der Waals surface area (Å²) in [6.07, 6.45) is 19.4. The first-order valence-corrected chi connectivity index (χ1v) is 9.53. The van der Waals surface area contributed by atoms with Crippen LogP contribution in [0.5, 0.6) is 0 Å². The van der Waals surface area contributed by atoms with Crippen molar-refractivity contribution < 1.29 is 0 Å². The van der Waals surface area contributed by atoms with Crippen molar-refractivity contribution in [1.82, 2.24) is 0 Å². The van der Waals surface area contributed by atoms with E-state index in [1.807, 2.05) is 5.57 Å². The van der Waals surface area contributed by atoms with Gasteiger partial charge in [0, 0.05) is 0 Å². The quantitative estimate of drug-likeness (QED) is 0.534. The third kappa shape index (κ3) is 2.16. The smallest absolute Gasteiger partial charge is 0.0141 e. The Morgan fingerprint density at radius 2 is 2.10 bits per heavy atom. The van der Waals surface area contributed by atoms with E-state index >= 15 is 0 Å². The van der Waals surface area contributed by atoms with Gasteiger partial charge in [-0.15, -0.1) is 6.58 Å². The van der Waals surface area contributed by atoms with Crippen molar-refractivity contribution in [3.05, 3.63) is 24.3 Å². The van der Waals surface area contributed by atoms with Gasteiger partial charge in [0.05, 0.1) is 0 Å². The molecule has 0 heterocycles. The second-order valence-electron chi connectivity index (χ2n) is 8.74. The van der Waals surface area contributed by atoms with E-state index < -0.39 is 0 Å². The SMILES string of the molecule is C=CCC1CCCC2=CC[C@@H]3[C@H](CC[C@]4(C)CCC[C@@H]34)[C@H]21. The number of fused-ring (bicyclic) bond motifs is 5. The summed E-state index contributed by atoms with van der Waals surface area (Å²) in [6, 6.07) is 0. The zero-order valence-corrected chi connectivity index (χ0v) is 13.8. The molecular weight excluding hydrogens is 252 g/mol. The first-order chi connectivity index (χ1) is 10.2. The van der Waals surface area contributed by atoms with Crippen molar-refractivity contribution in [3.8, 4) is 0 Å². The highest BCUT2D eigenvalue weighted by Gasteiger charge is 2.52. The summed E-state index contributed by atoms with van der Waals surface area (Å²) >= 11 is 0. The van der Waals surface area contributed by atoms with E-state index in [-0.39, 0.29) is 0 Å². The van der Waals surface area contributed by atoms with Crippen LogP contribution in [0.25, 0.3) is 0 Å². The largest absolute Gasteiger partial charge is 0.103 e. The third-order valence-corrected chi connectivity index (χ3v) is 7.83. The molecule has 21 heavy (non-hydrogen) atoms. The minimum atomic E-state index is 0.703. The third-order valence-electron chi connectivity index (χ3n) is 7.83. The van der Waals surface area contributed by atoms with Crippen molar-refractivity contribution in [1.29, 1.82) is 0 Å². The normalized spacial score (nSPS) is 48.8. The maximum absolute atomic E-state index is 4.04. The first kappa shape index (κ1) is 14.1. The van der Waals surface area contributed by atoms with E-state index in [1.165, 1.54) is 64.2 Å². The Kier molecular flexibility index (Phi) is 3.55.